The zero-order valence-corrected chi connectivity index (χ0v) is 16.4. The van der Waals surface area contributed by atoms with Gasteiger partial charge in [0.1, 0.15) is 47.2 Å². The van der Waals surface area contributed by atoms with Crippen LogP contribution < -0.4 is 4.74 Å². The van der Waals surface area contributed by atoms with E-state index in [4.69, 9.17) is 9.47 Å². The van der Waals surface area contributed by atoms with Gasteiger partial charge in [-0.3, -0.25) is 4.79 Å². The van der Waals surface area contributed by atoms with Gasteiger partial charge in [0.2, 0.25) is 6.29 Å². The van der Waals surface area contributed by atoms with Gasteiger partial charge in [-0.15, -0.1) is 0 Å². The fourth-order valence-corrected chi connectivity index (χ4v) is 3.13. The number of phenols is 4. The lowest BCUT2D eigenvalue weighted by molar-refractivity contribution is -0.277. The van der Waals surface area contributed by atoms with E-state index in [1.54, 1.807) is 0 Å². The summed E-state index contributed by atoms with van der Waals surface area (Å²) >= 11 is 0. The highest BCUT2D eigenvalue weighted by molar-refractivity contribution is 6.10. The highest BCUT2D eigenvalue weighted by Gasteiger charge is 2.44. The Kier molecular flexibility index (Phi) is 6.87. The second-order valence-electron chi connectivity index (χ2n) is 7.10. The lowest BCUT2D eigenvalue weighted by Crippen LogP contribution is -2.60. The van der Waals surface area contributed by atoms with E-state index in [1.165, 1.54) is 24.3 Å². The number of aliphatic hydroxyl groups excluding tert-OH is 4. The van der Waals surface area contributed by atoms with Gasteiger partial charge in [0.05, 0.1) is 6.61 Å². The molecule has 1 fully saturated rings. The second-order valence-corrected chi connectivity index (χ2v) is 7.10. The number of hydrogen-bond acceptors (Lipinski definition) is 11. The monoisotopic (exact) mass is 450 g/mol. The van der Waals surface area contributed by atoms with Gasteiger partial charge in [-0.1, -0.05) is 12.1 Å². The van der Waals surface area contributed by atoms with Crippen molar-refractivity contribution in [2.75, 3.05) is 6.61 Å². The predicted octanol–water partition coefficient (Wildman–Crippen LogP) is -0.416. The molecule has 0 bridgehead atoms. The minimum Gasteiger partial charge on any atom is -0.508 e. The Morgan fingerprint density at radius 2 is 1.59 bits per heavy atom. The smallest absolute Gasteiger partial charge is 0.229 e. The van der Waals surface area contributed by atoms with Crippen molar-refractivity contribution in [3.63, 3.8) is 0 Å². The number of carbonyl (C=O) groups is 1. The van der Waals surface area contributed by atoms with Crippen molar-refractivity contribution in [3.8, 4) is 28.7 Å². The van der Waals surface area contributed by atoms with Gasteiger partial charge in [-0.2, -0.15) is 0 Å². The number of ether oxygens (including phenoxy) is 2. The van der Waals surface area contributed by atoms with Crippen LogP contribution in [0, 0.1) is 0 Å². The lowest BCUT2D eigenvalue weighted by Gasteiger charge is -2.39. The number of carbonyl (C=O) groups excluding carboxylic acids is 1. The maximum absolute atomic E-state index is 12.3. The normalized spacial score (nSPS) is 25.7. The van der Waals surface area contributed by atoms with Gasteiger partial charge in [-0.25, -0.2) is 0 Å². The highest BCUT2D eigenvalue weighted by atomic mass is 16.7. The molecule has 2 aromatic carbocycles. The van der Waals surface area contributed by atoms with Crippen LogP contribution in [0.25, 0.3) is 6.08 Å². The molecule has 1 aliphatic rings. The maximum atomic E-state index is 12.3. The molecule has 0 unspecified atom stereocenters. The number of benzene rings is 2. The third-order valence-electron chi connectivity index (χ3n) is 4.83. The van der Waals surface area contributed by atoms with Crippen LogP contribution in [0.2, 0.25) is 0 Å². The summed E-state index contributed by atoms with van der Waals surface area (Å²) in [6.45, 7) is -0.638. The molecule has 3 rings (SSSR count). The van der Waals surface area contributed by atoms with Crippen LogP contribution in [0.15, 0.2) is 36.4 Å². The van der Waals surface area contributed by atoms with Gasteiger partial charge in [-0.05, 0) is 23.8 Å². The molecule has 0 radical (unpaired) electrons. The molecule has 2 aromatic rings. The molecule has 0 spiro atoms. The van der Waals surface area contributed by atoms with Crippen LogP contribution in [-0.2, 0) is 4.74 Å². The van der Waals surface area contributed by atoms with Crippen molar-refractivity contribution >= 4 is 11.9 Å². The third kappa shape index (κ3) is 4.77. The average molecular weight is 450 g/mol. The molecule has 11 nitrogen and oxygen atoms in total. The summed E-state index contributed by atoms with van der Waals surface area (Å²) < 4.78 is 10.6. The van der Waals surface area contributed by atoms with Crippen molar-refractivity contribution in [1.29, 1.82) is 0 Å². The van der Waals surface area contributed by atoms with Crippen molar-refractivity contribution in [2.24, 2.45) is 0 Å². The first-order valence-corrected chi connectivity index (χ1v) is 9.40. The minimum absolute atomic E-state index is 0.147. The van der Waals surface area contributed by atoms with E-state index < -0.39 is 71.7 Å². The van der Waals surface area contributed by atoms with Crippen LogP contribution in [0.1, 0.15) is 15.9 Å². The van der Waals surface area contributed by atoms with Crippen molar-refractivity contribution in [1.82, 2.24) is 0 Å². The highest BCUT2D eigenvalue weighted by Crippen LogP contribution is 2.34. The molecular weight excluding hydrogens is 428 g/mol. The zero-order valence-electron chi connectivity index (χ0n) is 16.4. The molecule has 0 aliphatic carbocycles. The summed E-state index contributed by atoms with van der Waals surface area (Å²) in [5.74, 6) is -2.95. The van der Waals surface area contributed by atoms with Crippen molar-refractivity contribution in [2.45, 2.75) is 30.7 Å². The summed E-state index contributed by atoms with van der Waals surface area (Å²) in [7, 11) is 0. The molecule has 32 heavy (non-hydrogen) atoms. The van der Waals surface area contributed by atoms with E-state index in [9.17, 15) is 45.6 Å². The number of hydrogen-bond donors (Lipinski definition) is 8. The summed E-state index contributed by atoms with van der Waals surface area (Å²) in [4.78, 5) is 12.3. The Labute approximate surface area is 181 Å². The zero-order chi connectivity index (χ0) is 23.6. The van der Waals surface area contributed by atoms with Gasteiger partial charge < -0.3 is 50.3 Å². The Bertz CT molecular complexity index is 994. The summed E-state index contributed by atoms with van der Waals surface area (Å²) in [5.41, 5.74) is -0.0828. The van der Waals surface area contributed by atoms with Crippen LogP contribution in [0.5, 0.6) is 28.7 Å². The van der Waals surface area contributed by atoms with Crippen molar-refractivity contribution in [3.05, 3.63) is 47.5 Å². The van der Waals surface area contributed by atoms with E-state index in [0.717, 1.165) is 18.2 Å². The Hall–Kier alpha value is -3.35. The van der Waals surface area contributed by atoms with Crippen LogP contribution >= 0.6 is 0 Å². The summed E-state index contributed by atoms with van der Waals surface area (Å²) in [6.07, 6.45) is -5.21. The van der Waals surface area contributed by atoms with Gasteiger partial charge in [0, 0.05) is 12.1 Å². The Morgan fingerprint density at radius 1 is 0.938 bits per heavy atom. The first kappa shape index (κ1) is 23.3. The Balaban J connectivity index is 1.74. The molecule has 1 saturated heterocycles. The molecule has 0 amide bonds. The van der Waals surface area contributed by atoms with Gasteiger partial charge in [0.25, 0.3) is 0 Å². The number of aromatic hydroxyl groups is 4. The van der Waals surface area contributed by atoms with E-state index in [2.05, 4.69) is 0 Å². The molecule has 1 aliphatic heterocycles. The maximum Gasteiger partial charge on any atom is 0.229 e. The predicted molar refractivity (Wildman–Crippen MR) is 107 cm³/mol. The molecule has 0 saturated carbocycles. The minimum atomic E-state index is -1.66. The number of rotatable bonds is 6. The standard InChI is InChI=1S/C21H22O11/c22-8-16-18(28)19(29)20(30)21(32-16)31-15-4-2-9(5-12(15)25)1-3-11(24)17-13(26)6-10(23)7-14(17)27/h1-7,16,18-23,25-30H,8H2/t16-,18-,19+,20-,21+/m1/s1. The molecule has 172 valence electrons. The fourth-order valence-electron chi connectivity index (χ4n) is 3.13. The second kappa shape index (κ2) is 9.42. The first-order valence-electron chi connectivity index (χ1n) is 9.40. The average Bonchev–Trinajstić information content (AvgIpc) is 2.73. The largest absolute Gasteiger partial charge is 0.508 e. The molecule has 11 heteroatoms. The van der Waals surface area contributed by atoms with Crippen LogP contribution in [0.3, 0.4) is 0 Å². The molecule has 1 heterocycles. The SMILES string of the molecule is O=C(C=Cc1ccc(O[C@H]2O[C@H](CO)[C@@H](O)[C@H](O)[C@H]2O)c(O)c1)c1c(O)cc(O)cc1O. The van der Waals surface area contributed by atoms with Crippen molar-refractivity contribution < 1.29 is 55.1 Å². The van der Waals surface area contributed by atoms with Crippen LogP contribution in [0.4, 0.5) is 0 Å². The van der Waals surface area contributed by atoms with E-state index >= 15 is 0 Å². The van der Waals surface area contributed by atoms with Gasteiger partial charge in [0.15, 0.2) is 17.3 Å². The lowest BCUT2D eigenvalue weighted by atomic mass is 9.99. The van der Waals surface area contributed by atoms with E-state index in [-0.39, 0.29) is 5.75 Å². The number of ketones is 1. The topological polar surface area (TPSA) is 197 Å². The third-order valence-corrected chi connectivity index (χ3v) is 4.83. The number of phenolic OH excluding ortho intramolecular Hbond substituents is 4. The quantitative estimate of drug-likeness (QED) is 0.210. The molecule has 8 N–H and O–H groups in total. The van der Waals surface area contributed by atoms with Crippen LogP contribution in [-0.4, -0.2) is 83.9 Å². The fraction of sp³-hybridized carbons (Fsp3) is 0.286. The number of allylic oxidation sites excluding steroid dienone is 1. The van der Waals surface area contributed by atoms with Gasteiger partial charge >= 0.3 is 0 Å². The number of aliphatic hydroxyl groups is 4. The summed E-state index contributed by atoms with van der Waals surface area (Å²) in [6, 6.07) is 5.73. The first-order chi connectivity index (χ1) is 15.1. The van der Waals surface area contributed by atoms with E-state index in [0.29, 0.717) is 5.56 Å². The molecular formula is C21H22O11. The molecule has 0 aromatic heterocycles. The summed E-state index contributed by atoms with van der Waals surface area (Å²) in [5, 5.41) is 77.8. The van der Waals surface area contributed by atoms with E-state index in [1.807, 2.05) is 0 Å². The Morgan fingerprint density at radius 3 is 2.19 bits per heavy atom. The molecule has 5 atom stereocenters.